The van der Waals surface area contributed by atoms with Crippen molar-refractivity contribution >= 4 is 53.3 Å². The molecule has 0 saturated heterocycles. The van der Waals surface area contributed by atoms with Crippen molar-refractivity contribution in [2.45, 2.75) is 5.33 Å². The van der Waals surface area contributed by atoms with Crippen LogP contribution in [0.25, 0.3) is 10.1 Å². The van der Waals surface area contributed by atoms with Crippen LogP contribution in [0.4, 0.5) is 4.39 Å². The van der Waals surface area contributed by atoms with Crippen molar-refractivity contribution in [3.8, 4) is 0 Å². The van der Waals surface area contributed by atoms with Crippen molar-refractivity contribution in [2.24, 2.45) is 0 Å². The summed E-state index contributed by atoms with van der Waals surface area (Å²) in [4.78, 5) is 0.758. The molecular weight excluding hydrogens is 319 g/mol. The Morgan fingerprint density at radius 3 is 2.85 bits per heavy atom. The van der Waals surface area contributed by atoms with Gasteiger partial charge >= 0.3 is 0 Å². The second-order valence-electron chi connectivity index (χ2n) is 2.61. The molecule has 0 radical (unpaired) electrons. The summed E-state index contributed by atoms with van der Waals surface area (Å²) in [7, 11) is 0. The summed E-state index contributed by atoms with van der Waals surface area (Å²) in [5, 5.41) is 1.29. The van der Waals surface area contributed by atoms with E-state index in [1.165, 1.54) is 11.3 Å². The van der Waals surface area contributed by atoms with Crippen molar-refractivity contribution in [3.05, 3.63) is 33.4 Å². The van der Waals surface area contributed by atoms with Gasteiger partial charge in [-0.05, 0) is 18.2 Å². The molecule has 0 unspecified atom stereocenters. The third kappa shape index (κ3) is 1.67. The highest BCUT2D eigenvalue weighted by Crippen LogP contribution is 2.32. The van der Waals surface area contributed by atoms with Crippen molar-refractivity contribution in [1.29, 1.82) is 0 Å². The summed E-state index contributed by atoms with van der Waals surface area (Å²) in [6.45, 7) is 0. The average molecular weight is 324 g/mol. The molecule has 1 aromatic heterocycles. The summed E-state index contributed by atoms with van der Waals surface area (Å²) in [5.74, 6) is -0.0932. The molecule has 0 aliphatic rings. The van der Waals surface area contributed by atoms with Gasteiger partial charge in [0, 0.05) is 19.9 Å². The summed E-state index contributed by atoms with van der Waals surface area (Å²) in [6.07, 6.45) is 0. The molecule has 0 aliphatic heterocycles. The SMILES string of the molecule is Fc1c(CBr)sc2cc(Br)ccc12. The quantitative estimate of drug-likeness (QED) is 0.667. The highest BCUT2D eigenvalue weighted by atomic mass is 79.9. The molecule has 0 N–H and O–H groups in total. The number of hydrogen-bond donors (Lipinski definition) is 0. The third-order valence-electron chi connectivity index (χ3n) is 1.78. The Labute approximate surface area is 96.0 Å². The first kappa shape index (κ1) is 9.62. The van der Waals surface area contributed by atoms with Crippen LogP contribution in [0, 0.1) is 5.82 Å². The normalized spacial score (nSPS) is 11.0. The van der Waals surface area contributed by atoms with Gasteiger partial charge in [0.1, 0.15) is 5.82 Å². The maximum atomic E-state index is 13.5. The Bertz CT molecular complexity index is 450. The predicted octanol–water partition coefficient (Wildman–Crippen LogP) is 4.70. The highest BCUT2D eigenvalue weighted by molar-refractivity contribution is 9.10. The lowest BCUT2D eigenvalue weighted by Crippen LogP contribution is -1.74. The van der Waals surface area contributed by atoms with Gasteiger partial charge in [-0.25, -0.2) is 4.39 Å². The molecule has 0 bridgehead atoms. The highest BCUT2D eigenvalue weighted by Gasteiger charge is 2.10. The van der Waals surface area contributed by atoms with Gasteiger partial charge < -0.3 is 0 Å². The zero-order chi connectivity index (χ0) is 9.42. The van der Waals surface area contributed by atoms with E-state index in [4.69, 9.17) is 0 Å². The lowest BCUT2D eigenvalue weighted by molar-refractivity contribution is 0.636. The fourth-order valence-electron chi connectivity index (χ4n) is 1.18. The lowest BCUT2D eigenvalue weighted by Gasteiger charge is -1.89. The molecule has 0 aliphatic carbocycles. The first-order chi connectivity index (χ1) is 6.22. The minimum absolute atomic E-state index is 0.0932. The molecule has 0 saturated carbocycles. The number of hydrogen-bond acceptors (Lipinski definition) is 1. The molecule has 0 atom stereocenters. The second kappa shape index (κ2) is 3.67. The molecule has 0 fully saturated rings. The second-order valence-corrected chi connectivity index (χ2v) is 5.23. The minimum Gasteiger partial charge on any atom is -0.205 e. The van der Waals surface area contributed by atoms with E-state index in [1.807, 2.05) is 12.1 Å². The number of benzene rings is 1. The van der Waals surface area contributed by atoms with Crippen LogP contribution in [0.1, 0.15) is 4.88 Å². The molecule has 68 valence electrons. The number of fused-ring (bicyclic) bond motifs is 1. The molecular formula is C9H5Br2FS. The number of alkyl halides is 1. The van der Waals surface area contributed by atoms with E-state index >= 15 is 0 Å². The van der Waals surface area contributed by atoms with Crippen molar-refractivity contribution in [2.75, 3.05) is 0 Å². The maximum Gasteiger partial charge on any atom is 0.145 e. The molecule has 1 heterocycles. The molecule has 4 heteroatoms. The Kier molecular flexibility index (Phi) is 2.72. The van der Waals surface area contributed by atoms with Crippen LogP contribution in [0.15, 0.2) is 22.7 Å². The Morgan fingerprint density at radius 1 is 1.38 bits per heavy atom. The van der Waals surface area contributed by atoms with E-state index in [0.717, 1.165) is 14.0 Å². The zero-order valence-corrected chi connectivity index (χ0v) is 10.5. The van der Waals surface area contributed by atoms with Crippen LogP contribution in [-0.4, -0.2) is 0 Å². The Morgan fingerprint density at radius 2 is 2.15 bits per heavy atom. The van der Waals surface area contributed by atoms with Crippen molar-refractivity contribution in [1.82, 2.24) is 0 Å². The predicted molar refractivity (Wildman–Crippen MR) is 62.1 cm³/mol. The molecule has 2 rings (SSSR count). The van der Waals surface area contributed by atoms with E-state index in [1.54, 1.807) is 6.07 Å². The first-order valence-electron chi connectivity index (χ1n) is 3.65. The monoisotopic (exact) mass is 322 g/mol. The zero-order valence-electron chi connectivity index (χ0n) is 6.48. The van der Waals surface area contributed by atoms with Crippen molar-refractivity contribution in [3.63, 3.8) is 0 Å². The summed E-state index contributed by atoms with van der Waals surface area (Å²) in [5.41, 5.74) is 0. The van der Waals surface area contributed by atoms with E-state index in [9.17, 15) is 4.39 Å². The number of thiophene rings is 1. The smallest absolute Gasteiger partial charge is 0.145 e. The molecule has 0 nitrogen and oxygen atoms in total. The van der Waals surface area contributed by atoms with E-state index < -0.39 is 0 Å². The lowest BCUT2D eigenvalue weighted by atomic mass is 10.2. The third-order valence-corrected chi connectivity index (χ3v) is 4.33. The van der Waals surface area contributed by atoms with Gasteiger partial charge in [-0.1, -0.05) is 31.9 Å². The number of rotatable bonds is 1. The first-order valence-corrected chi connectivity index (χ1v) is 6.38. The molecule has 1 aromatic carbocycles. The van der Waals surface area contributed by atoms with Crippen molar-refractivity contribution < 1.29 is 4.39 Å². The summed E-state index contributed by atoms with van der Waals surface area (Å²) >= 11 is 8.11. The molecule has 13 heavy (non-hydrogen) atoms. The fraction of sp³-hybridized carbons (Fsp3) is 0.111. The van der Waals surface area contributed by atoms with E-state index in [-0.39, 0.29) is 5.82 Å². The van der Waals surface area contributed by atoms with E-state index in [0.29, 0.717) is 10.7 Å². The summed E-state index contributed by atoms with van der Waals surface area (Å²) < 4.78 is 15.5. The van der Waals surface area contributed by atoms with E-state index in [2.05, 4.69) is 31.9 Å². The average Bonchev–Trinajstić information content (AvgIpc) is 2.42. The van der Waals surface area contributed by atoms with Gasteiger partial charge in [-0.3, -0.25) is 0 Å². The summed E-state index contributed by atoms with van der Waals surface area (Å²) in [6, 6.07) is 5.60. The molecule has 2 aromatic rings. The largest absolute Gasteiger partial charge is 0.205 e. The topological polar surface area (TPSA) is 0 Å². The van der Waals surface area contributed by atoms with Gasteiger partial charge in [0.05, 0.1) is 4.88 Å². The van der Waals surface area contributed by atoms with Gasteiger partial charge in [0.15, 0.2) is 0 Å². The Hall–Kier alpha value is 0.0700. The molecule has 0 spiro atoms. The fourth-order valence-corrected chi connectivity index (χ4v) is 3.25. The van der Waals surface area contributed by atoms with Gasteiger partial charge in [0.25, 0.3) is 0 Å². The minimum atomic E-state index is -0.0932. The van der Waals surface area contributed by atoms with Gasteiger partial charge in [-0.15, -0.1) is 11.3 Å². The Balaban J connectivity index is 2.76. The van der Waals surface area contributed by atoms with Crippen LogP contribution in [0.5, 0.6) is 0 Å². The van der Waals surface area contributed by atoms with Crippen LogP contribution in [0.3, 0.4) is 0 Å². The van der Waals surface area contributed by atoms with Crippen LogP contribution in [-0.2, 0) is 5.33 Å². The van der Waals surface area contributed by atoms with Gasteiger partial charge in [0.2, 0.25) is 0 Å². The molecule has 0 amide bonds. The van der Waals surface area contributed by atoms with Crippen LogP contribution < -0.4 is 0 Å². The van der Waals surface area contributed by atoms with Gasteiger partial charge in [-0.2, -0.15) is 0 Å². The number of halogens is 3. The van der Waals surface area contributed by atoms with Crippen LogP contribution in [0.2, 0.25) is 0 Å². The maximum absolute atomic E-state index is 13.5. The van der Waals surface area contributed by atoms with Crippen LogP contribution >= 0.6 is 43.2 Å². The standard InChI is InChI=1S/C9H5Br2FS/c10-4-8-9(12)6-2-1-5(11)3-7(6)13-8/h1-3H,4H2.